The van der Waals surface area contributed by atoms with Crippen LogP contribution in [0.1, 0.15) is 18.0 Å². The maximum atomic E-state index is 12.3. The molecule has 0 radical (unpaired) electrons. The lowest BCUT2D eigenvalue weighted by Crippen LogP contribution is -2.50. The van der Waals surface area contributed by atoms with Crippen molar-refractivity contribution in [1.29, 1.82) is 0 Å². The Morgan fingerprint density at radius 1 is 1.19 bits per heavy atom. The molecule has 1 aromatic rings. The Morgan fingerprint density at radius 2 is 1.81 bits per heavy atom. The maximum absolute atomic E-state index is 12.3. The van der Waals surface area contributed by atoms with Crippen molar-refractivity contribution < 1.29 is 19.1 Å². The van der Waals surface area contributed by atoms with Crippen LogP contribution in [0.25, 0.3) is 0 Å². The fourth-order valence-corrected chi connectivity index (χ4v) is 3.08. The van der Waals surface area contributed by atoms with Crippen molar-refractivity contribution in [3.8, 4) is 0 Å². The molecule has 9 heteroatoms. The van der Waals surface area contributed by atoms with Gasteiger partial charge in [0.2, 0.25) is 5.91 Å². The van der Waals surface area contributed by atoms with E-state index >= 15 is 0 Å². The van der Waals surface area contributed by atoms with Gasteiger partial charge >= 0.3 is 12.0 Å². The molecule has 2 rings (SSSR count). The number of benzene rings is 1. The summed E-state index contributed by atoms with van der Waals surface area (Å²) in [6.07, 6.45) is 0.195. The number of amides is 3. The minimum Gasteiger partial charge on any atom is -0.468 e. The van der Waals surface area contributed by atoms with E-state index in [1.165, 1.54) is 7.11 Å². The highest BCUT2D eigenvalue weighted by molar-refractivity contribution is 6.30. The van der Waals surface area contributed by atoms with Crippen LogP contribution in [0, 0.1) is 0 Å². The Hall–Kier alpha value is -2.16. The molecule has 1 unspecified atom stereocenters. The number of nitrogens with two attached hydrogens (primary N) is 1. The number of rotatable bonds is 6. The molecule has 142 valence electrons. The van der Waals surface area contributed by atoms with Crippen LogP contribution >= 0.6 is 11.6 Å². The fraction of sp³-hybridized carbons (Fsp3) is 0.471. The number of primary amides is 1. The van der Waals surface area contributed by atoms with Crippen molar-refractivity contribution in [1.82, 2.24) is 15.1 Å². The number of hydrogen-bond donors (Lipinski definition) is 2. The van der Waals surface area contributed by atoms with Crippen LogP contribution in [0.2, 0.25) is 5.02 Å². The molecule has 0 saturated carbocycles. The quantitative estimate of drug-likeness (QED) is 0.704. The lowest BCUT2D eigenvalue weighted by Gasteiger charge is -2.38. The van der Waals surface area contributed by atoms with Crippen molar-refractivity contribution in [2.45, 2.75) is 12.5 Å². The predicted octanol–water partition coefficient (Wildman–Crippen LogP) is 0.757. The summed E-state index contributed by atoms with van der Waals surface area (Å²) in [6.45, 7) is 3.23. The first-order valence-corrected chi connectivity index (χ1v) is 8.67. The summed E-state index contributed by atoms with van der Waals surface area (Å²) in [5.74, 6) is -0.713. The molecule has 1 aliphatic rings. The van der Waals surface area contributed by atoms with Crippen molar-refractivity contribution in [3.63, 3.8) is 0 Å². The molecule has 8 nitrogen and oxygen atoms in total. The number of nitrogens with one attached hydrogen (secondary N) is 1. The number of piperazine rings is 1. The summed E-state index contributed by atoms with van der Waals surface area (Å²) in [5.41, 5.74) is 5.75. The van der Waals surface area contributed by atoms with Crippen LogP contribution in [0.5, 0.6) is 0 Å². The summed E-state index contributed by atoms with van der Waals surface area (Å²) >= 11 is 5.93. The largest absolute Gasteiger partial charge is 0.468 e. The number of carbonyl (C=O) groups is 3. The number of hydrogen-bond acceptors (Lipinski definition) is 6. The molecule has 1 atom stereocenters. The zero-order valence-electron chi connectivity index (χ0n) is 14.6. The minimum absolute atomic E-state index is 0.195. The van der Waals surface area contributed by atoms with Crippen LogP contribution < -0.4 is 11.1 Å². The number of imide groups is 1. The predicted molar refractivity (Wildman–Crippen MR) is 96.6 cm³/mol. The highest BCUT2D eigenvalue weighted by Gasteiger charge is 2.31. The zero-order chi connectivity index (χ0) is 19.1. The van der Waals surface area contributed by atoms with E-state index in [1.807, 2.05) is 17.4 Å². The topological polar surface area (TPSA) is 105 Å². The first kappa shape index (κ1) is 20.2. The number of ether oxygens (including phenoxy) is 1. The highest BCUT2D eigenvalue weighted by Crippen LogP contribution is 2.25. The molecule has 3 amide bonds. The van der Waals surface area contributed by atoms with Gasteiger partial charge < -0.3 is 15.4 Å². The van der Waals surface area contributed by atoms with E-state index in [2.05, 4.69) is 9.80 Å². The van der Waals surface area contributed by atoms with Crippen LogP contribution in [0.4, 0.5) is 4.79 Å². The molecule has 1 fully saturated rings. The number of esters is 1. The second-order valence-electron chi connectivity index (χ2n) is 6.02. The smallest absolute Gasteiger partial charge is 0.327 e. The third-order valence-electron chi connectivity index (χ3n) is 4.30. The first-order valence-electron chi connectivity index (χ1n) is 8.29. The molecular weight excluding hydrogens is 360 g/mol. The van der Waals surface area contributed by atoms with Gasteiger partial charge in [-0.25, -0.2) is 9.59 Å². The van der Waals surface area contributed by atoms with Gasteiger partial charge in [-0.2, -0.15) is 0 Å². The molecule has 0 bridgehead atoms. The highest BCUT2D eigenvalue weighted by atomic mass is 35.5. The van der Waals surface area contributed by atoms with Crippen LogP contribution in [0.15, 0.2) is 24.3 Å². The molecular formula is C17H23ClN4O4. The van der Waals surface area contributed by atoms with Crippen molar-refractivity contribution in [3.05, 3.63) is 34.9 Å². The van der Waals surface area contributed by atoms with Gasteiger partial charge in [-0.15, -0.1) is 0 Å². The third kappa shape index (κ3) is 5.69. The molecule has 1 heterocycles. The molecule has 26 heavy (non-hydrogen) atoms. The van der Waals surface area contributed by atoms with Gasteiger partial charge in [0.05, 0.1) is 7.11 Å². The van der Waals surface area contributed by atoms with E-state index in [4.69, 9.17) is 22.1 Å². The number of carbonyl (C=O) groups excluding carboxylic acids is 3. The minimum atomic E-state index is -0.844. The fourth-order valence-electron chi connectivity index (χ4n) is 2.96. The number of methoxy groups -OCH3 is 1. The van der Waals surface area contributed by atoms with E-state index in [1.54, 1.807) is 12.1 Å². The summed E-state index contributed by atoms with van der Waals surface area (Å²) in [6, 6.07) is 5.82. The number of nitrogens with zero attached hydrogens (tertiary/aromatic N) is 2. The SMILES string of the molecule is COC(=O)C(c1ccc(Cl)cc1)N1CCN(CCC(=O)NC(N)=O)CC1. The lowest BCUT2D eigenvalue weighted by molar-refractivity contribution is -0.148. The van der Waals surface area contributed by atoms with E-state index in [0.29, 0.717) is 37.7 Å². The van der Waals surface area contributed by atoms with Crippen molar-refractivity contribution in [2.75, 3.05) is 39.8 Å². The van der Waals surface area contributed by atoms with Gasteiger partial charge in [0.1, 0.15) is 6.04 Å². The molecule has 1 aromatic carbocycles. The summed E-state index contributed by atoms with van der Waals surface area (Å²) in [4.78, 5) is 38.6. The second kappa shape index (κ2) is 9.51. The van der Waals surface area contributed by atoms with Gasteiger partial charge in [-0.1, -0.05) is 23.7 Å². The Balaban J connectivity index is 1.92. The second-order valence-corrected chi connectivity index (χ2v) is 6.45. The standard InChI is InChI=1S/C17H23ClN4O4/c1-26-16(24)15(12-2-4-13(18)5-3-12)22-10-8-21(9-11-22)7-6-14(23)20-17(19)25/h2-5,15H,6-11H2,1H3,(H3,19,20,23,25). The van der Waals surface area contributed by atoms with Crippen molar-refractivity contribution in [2.24, 2.45) is 5.73 Å². The van der Waals surface area contributed by atoms with Crippen LogP contribution in [-0.2, 0) is 14.3 Å². The van der Waals surface area contributed by atoms with E-state index < -0.39 is 18.0 Å². The molecule has 1 saturated heterocycles. The van der Waals surface area contributed by atoms with Gasteiger partial charge in [0.25, 0.3) is 0 Å². The Morgan fingerprint density at radius 3 is 2.35 bits per heavy atom. The summed E-state index contributed by atoms with van der Waals surface area (Å²) in [7, 11) is 1.37. The lowest BCUT2D eigenvalue weighted by atomic mass is 10.0. The zero-order valence-corrected chi connectivity index (χ0v) is 15.4. The normalized spacial score (nSPS) is 16.7. The Kier molecular flexibility index (Phi) is 7.38. The summed E-state index contributed by atoms with van der Waals surface area (Å²) < 4.78 is 4.97. The van der Waals surface area contributed by atoms with E-state index in [9.17, 15) is 14.4 Å². The Bertz CT molecular complexity index is 645. The first-order chi connectivity index (χ1) is 12.4. The van der Waals surface area contributed by atoms with Crippen LogP contribution in [-0.4, -0.2) is 67.5 Å². The molecule has 3 N–H and O–H groups in total. The molecule has 0 aromatic heterocycles. The van der Waals surface area contributed by atoms with Gasteiger partial charge in [0.15, 0.2) is 0 Å². The van der Waals surface area contributed by atoms with E-state index in [-0.39, 0.29) is 12.4 Å². The number of urea groups is 1. The Labute approximate surface area is 157 Å². The maximum Gasteiger partial charge on any atom is 0.327 e. The monoisotopic (exact) mass is 382 g/mol. The average molecular weight is 383 g/mol. The van der Waals surface area contributed by atoms with E-state index in [0.717, 1.165) is 5.56 Å². The molecule has 1 aliphatic heterocycles. The summed E-state index contributed by atoms with van der Waals surface area (Å²) in [5, 5.41) is 2.66. The van der Waals surface area contributed by atoms with Gasteiger partial charge in [-0.05, 0) is 17.7 Å². The molecule has 0 spiro atoms. The average Bonchev–Trinajstić information content (AvgIpc) is 2.62. The van der Waals surface area contributed by atoms with Gasteiger partial charge in [0, 0.05) is 44.2 Å². The van der Waals surface area contributed by atoms with Crippen LogP contribution in [0.3, 0.4) is 0 Å². The number of halogens is 1. The van der Waals surface area contributed by atoms with Crippen molar-refractivity contribution >= 4 is 29.5 Å². The van der Waals surface area contributed by atoms with Gasteiger partial charge in [-0.3, -0.25) is 15.0 Å². The third-order valence-corrected chi connectivity index (χ3v) is 4.55. The molecule has 0 aliphatic carbocycles.